The number of hydrogen-bond donors (Lipinski definition) is 0. The Hall–Kier alpha value is -0.253. The van der Waals surface area contributed by atoms with Crippen molar-refractivity contribution in [1.82, 2.24) is 0 Å². The van der Waals surface area contributed by atoms with Gasteiger partial charge in [0.05, 0.1) is 0 Å². The number of thioether (sulfide) groups is 1. The standard InChI is InChI=1S/C16H28OSSi/c1-14(17-19(5,6)16(2,3)4)12-13-18-15-10-8-7-9-11-15/h7-11,14H,12-13H2,1-6H3. The molecule has 1 unspecified atom stereocenters. The van der Waals surface area contributed by atoms with Gasteiger partial charge in [-0.3, -0.25) is 0 Å². The third-order valence-electron chi connectivity index (χ3n) is 3.84. The molecule has 1 atom stereocenters. The molecule has 1 nitrogen and oxygen atoms in total. The van der Waals surface area contributed by atoms with Crippen molar-refractivity contribution in [3.8, 4) is 0 Å². The summed E-state index contributed by atoms with van der Waals surface area (Å²) in [5, 5.41) is 0.299. The molecule has 0 spiro atoms. The number of benzene rings is 1. The van der Waals surface area contributed by atoms with E-state index in [1.54, 1.807) is 0 Å². The van der Waals surface area contributed by atoms with Crippen LogP contribution >= 0.6 is 11.8 Å². The Morgan fingerprint density at radius 1 is 1.16 bits per heavy atom. The zero-order valence-electron chi connectivity index (χ0n) is 13.2. The molecule has 19 heavy (non-hydrogen) atoms. The van der Waals surface area contributed by atoms with Crippen molar-refractivity contribution < 1.29 is 4.43 Å². The first kappa shape index (κ1) is 16.8. The fourth-order valence-electron chi connectivity index (χ4n) is 1.60. The van der Waals surface area contributed by atoms with Crippen LogP contribution in [0.25, 0.3) is 0 Å². The molecule has 0 fully saturated rings. The van der Waals surface area contributed by atoms with Crippen LogP contribution < -0.4 is 0 Å². The average molecular weight is 297 g/mol. The lowest BCUT2D eigenvalue weighted by atomic mass is 10.2. The Bertz CT molecular complexity index is 370. The molecule has 0 N–H and O–H groups in total. The highest BCUT2D eigenvalue weighted by Gasteiger charge is 2.38. The van der Waals surface area contributed by atoms with Crippen molar-refractivity contribution in [3.05, 3.63) is 30.3 Å². The molecule has 3 heteroatoms. The summed E-state index contributed by atoms with van der Waals surface area (Å²) < 4.78 is 6.37. The smallest absolute Gasteiger partial charge is 0.192 e. The molecule has 0 radical (unpaired) electrons. The SMILES string of the molecule is CC(CCSc1ccccc1)O[Si](C)(C)C(C)(C)C. The Labute approximate surface area is 124 Å². The van der Waals surface area contributed by atoms with Crippen molar-refractivity contribution in [2.45, 2.75) is 63.2 Å². The van der Waals surface area contributed by atoms with E-state index in [0.29, 0.717) is 11.1 Å². The second kappa shape index (κ2) is 6.96. The lowest BCUT2D eigenvalue weighted by Gasteiger charge is -2.38. The predicted molar refractivity (Wildman–Crippen MR) is 89.5 cm³/mol. The molecule has 0 amide bonds. The van der Waals surface area contributed by atoms with E-state index in [2.05, 4.69) is 71.1 Å². The van der Waals surface area contributed by atoms with E-state index < -0.39 is 8.32 Å². The van der Waals surface area contributed by atoms with E-state index in [1.165, 1.54) is 4.90 Å². The maximum Gasteiger partial charge on any atom is 0.192 e. The van der Waals surface area contributed by atoms with E-state index in [-0.39, 0.29) is 0 Å². The highest BCUT2D eigenvalue weighted by Crippen LogP contribution is 2.37. The molecule has 0 aliphatic carbocycles. The van der Waals surface area contributed by atoms with Crippen molar-refractivity contribution in [2.75, 3.05) is 5.75 Å². The summed E-state index contributed by atoms with van der Waals surface area (Å²) in [6, 6.07) is 10.6. The van der Waals surface area contributed by atoms with Gasteiger partial charge < -0.3 is 4.43 Å². The van der Waals surface area contributed by atoms with Gasteiger partial charge in [0.2, 0.25) is 0 Å². The van der Waals surface area contributed by atoms with Gasteiger partial charge in [-0.1, -0.05) is 39.0 Å². The van der Waals surface area contributed by atoms with Crippen LogP contribution in [0.4, 0.5) is 0 Å². The molecule has 1 aromatic carbocycles. The molecule has 0 aliphatic rings. The Kier molecular flexibility index (Phi) is 6.15. The fourth-order valence-corrected chi connectivity index (χ4v) is 4.11. The molecular weight excluding hydrogens is 268 g/mol. The van der Waals surface area contributed by atoms with Crippen molar-refractivity contribution in [1.29, 1.82) is 0 Å². The minimum absolute atomic E-state index is 0.299. The summed E-state index contributed by atoms with van der Waals surface area (Å²) in [5.74, 6) is 1.12. The first-order valence-corrected chi connectivity index (χ1v) is 11.0. The van der Waals surface area contributed by atoms with Gasteiger partial charge in [-0.05, 0) is 43.6 Å². The van der Waals surface area contributed by atoms with Crippen LogP contribution in [0.5, 0.6) is 0 Å². The maximum absolute atomic E-state index is 6.37. The van der Waals surface area contributed by atoms with Crippen LogP contribution in [0.15, 0.2) is 35.2 Å². The second-order valence-electron chi connectivity index (χ2n) is 6.64. The lowest BCUT2D eigenvalue weighted by molar-refractivity contribution is 0.196. The van der Waals surface area contributed by atoms with Gasteiger partial charge in [0, 0.05) is 16.8 Å². The monoisotopic (exact) mass is 296 g/mol. The summed E-state index contributed by atoms with van der Waals surface area (Å²) in [4.78, 5) is 1.35. The van der Waals surface area contributed by atoms with Gasteiger partial charge in [0.15, 0.2) is 8.32 Å². The Morgan fingerprint density at radius 3 is 2.26 bits per heavy atom. The molecule has 0 bridgehead atoms. The van der Waals surface area contributed by atoms with Crippen LogP contribution in [-0.2, 0) is 4.43 Å². The summed E-state index contributed by atoms with van der Waals surface area (Å²) in [6.45, 7) is 13.8. The van der Waals surface area contributed by atoms with Crippen LogP contribution in [0.3, 0.4) is 0 Å². The van der Waals surface area contributed by atoms with Gasteiger partial charge in [-0.2, -0.15) is 0 Å². The highest BCUT2D eigenvalue weighted by atomic mass is 32.2. The van der Waals surface area contributed by atoms with Gasteiger partial charge in [-0.15, -0.1) is 11.8 Å². The van der Waals surface area contributed by atoms with Gasteiger partial charge in [0.25, 0.3) is 0 Å². The molecule has 0 aromatic heterocycles. The molecule has 1 rings (SSSR count). The van der Waals surface area contributed by atoms with Gasteiger partial charge >= 0.3 is 0 Å². The second-order valence-corrected chi connectivity index (χ2v) is 12.6. The summed E-state index contributed by atoms with van der Waals surface area (Å²) in [6.07, 6.45) is 1.48. The van der Waals surface area contributed by atoms with Crippen LogP contribution in [0.2, 0.25) is 18.1 Å². The molecule has 1 aromatic rings. The predicted octanol–water partition coefficient (Wildman–Crippen LogP) is 5.58. The topological polar surface area (TPSA) is 9.23 Å². The van der Waals surface area contributed by atoms with Crippen molar-refractivity contribution in [3.63, 3.8) is 0 Å². The van der Waals surface area contributed by atoms with Crippen LogP contribution in [0, 0.1) is 0 Å². The molecular formula is C16H28OSSi. The molecule has 0 heterocycles. The van der Waals surface area contributed by atoms with Crippen LogP contribution in [-0.4, -0.2) is 20.2 Å². The fraction of sp³-hybridized carbons (Fsp3) is 0.625. The zero-order valence-corrected chi connectivity index (χ0v) is 15.0. The van der Waals surface area contributed by atoms with E-state index in [0.717, 1.165) is 12.2 Å². The normalized spacial score (nSPS) is 14.4. The number of rotatable bonds is 6. The molecule has 0 aliphatic heterocycles. The largest absolute Gasteiger partial charge is 0.414 e. The quantitative estimate of drug-likeness (QED) is 0.500. The Morgan fingerprint density at radius 2 is 1.74 bits per heavy atom. The van der Waals surface area contributed by atoms with Gasteiger partial charge in [0.1, 0.15) is 0 Å². The number of hydrogen-bond acceptors (Lipinski definition) is 2. The molecule has 0 saturated heterocycles. The third-order valence-corrected chi connectivity index (χ3v) is 9.49. The molecule has 0 saturated carbocycles. The van der Waals surface area contributed by atoms with Crippen molar-refractivity contribution in [2.24, 2.45) is 0 Å². The summed E-state index contributed by atoms with van der Waals surface area (Å²) >= 11 is 1.92. The molecule has 108 valence electrons. The van der Waals surface area contributed by atoms with Crippen LogP contribution in [0.1, 0.15) is 34.1 Å². The highest BCUT2D eigenvalue weighted by molar-refractivity contribution is 7.99. The van der Waals surface area contributed by atoms with Crippen molar-refractivity contribution >= 4 is 20.1 Å². The van der Waals surface area contributed by atoms with E-state index in [4.69, 9.17) is 4.43 Å². The zero-order chi connectivity index (χ0) is 14.5. The minimum Gasteiger partial charge on any atom is -0.414 e. The first-order valence-electron chi connectivity index (χ1n) is 7.08. The van der Waals surface area contributed by atoms with E-state index in [1.807, 2.05) is 11.8 Å². The third kappa shape index (κ3) is 5.72. The first-order chi connectivity index (χ1) is 8.72. The summed E-state index contributed by atoms with van der Waals surface area (Å²) in [7, 11) is -1.61. The summed E-state index contributed by atoms with van der Waals surface area (Å²) in [5.41, 5.74) is 0. The maximum atomic E-state index is 6.37. The van der Waals surface area contributed by atoms with E-state index in [9.17, 15) is 0 Å². The van der Waals surface area contributed by atoms with Gasteiger partial charge in [-0.25, -0.2) is 0 Å². The Balaban J connectivity index is 2.34. The van der Waals surface area contributed by atoms with E-state index >= 15 is 0 Å². The lowest BCUT2D eigenvalue weighted by Crippen LogP contribution is -2.43. The minimum atomic E-state index is -1.61. The average Bonchev–Trinajstić information content (AvgIpc) is 2.28.